The minimum Gasteiger partial charge on any atom is -0.497 e. The van der Waals surface area contributed by atoms with Gasteiger partial charge in [-0.05, 0) is 47.7 Å². The van der Waals surface area contributed by atoms with Crippen LogP contribution in [0.5, 0.6) is 5.75 Å². The minimum atomic E-state index is -0.204. The van der Waals surface area contributed by atoms with Crippen LogP contribution in [0.15, 0.2) is 65.0 Å². The molecule has 1 aromatic heterocycles. The van der Waals surface area contributed by atoms with Gasteiger partial charge in [-0.1, -0.05) is 18.2 Å². The Morgan fingerprint density at radius 1 is 1.18 bits per heavy atom. The fourth-order valence-corrected chi connectivity index (χ4v) is 3.27. The standard InChI is InChI=1S/C21H22N4O2S/c1-27-16-8-9-17(18(22)13-16)21(26)24-11-10-14-4-6-15(7-5-14)25-20(23)19-3-2-12-28-19/h2-9,12-13H,10-11,22H2,1H3,(H2,23,25)(H,24,26). The highest BCUT2D eigenvalue weighted by atomic mass is 32.1. The maximum Gasteiger partial charge on any atom is 0.253 e. The first-order chi connectivity index (χ1) is 13.6. The van der Waals surface area contributed by atoms with E-state index in [9.17, 15) is 4.79 Å². The molecule has 0 saturated carbocycles. The molecule has 0 aliphatic rings. The number of amides is 1. The molecule has 0 aliphatic heterocycles. The molecule has 6 nitrogen and oxygen atoms in total. The lowest BCUT2D eigenvalue weighted by Gasteiger charge is -2.09. The SMILES string of the molecule is COc1ccc(C(=O)NCCc2ccc(N=C(N)c3cccs3)cc2)c(N)c1. The number of hydrogen-bond donors (Lipinski definition) is 3. The van der Waals surface area contributed by atoms with Crippen molar-refractivity contribution in [3.63, 3.8) is 0 Å². The van der Waals surface area contributed by atoms with E-state index in [0.29, 0.717) is 35.8 Å². The highest BCUT2D eigenvalue weighted by Crippen LogP contribution is 2.20. The zero-order chi connectivity index (χ0) is 19.9. The second-order valence-electron chi connectivity index (χ2n) is 6.10. The summed E-state index contributed by atoms with van der Waals surface area (Å²) in [7, 11) is 1.56. The maximum absolute atomic E-state index is 12.3. The summed E-state index contributed by atoms with van der Waals surface area (Å²) in [6.07, 6.45) is 0.701. The van der Waals surface area contributed by atoms with Crippen LogP contribution in [0.2, 0.25) is 0 Å². The van der Waals surface area contributed by atoms with E-state index in [2.05, 4.69) is 10.3 Å². The molecule has 2 aromatic carbocycles. The molecule has 1 amide bonds. The lowest BCUT2D eigenvalue weighted by molar-refractivity contribution is 0.0955. The van der Waals surface area contributed by atoms with Gasteiger partial charge in [0.25, 0.3) is 5.91 Å². The van der Waals surface area contributed by atoms with Crippen molar-refractivity contribution in [2.45, 2.75) is 6.42 Å². The van der Waals surface area contributed by atoms with Crippen LogP contribution in [0.4, 0.5) is 11.4 Å². The van der Waals surface area contributed by atoms with Crippen LogP contribution in [0.3, 0.4) is 0 Å². The summed E-state index contributed by atoms with van der Waals surface area (Å²) in [6, 6.07) is 16.7. The first-order valence-electron chi connectivity index (χ1n) is 8.75. The molecule has 7 heteroatoms. The lowest BCUT2D eigenvalue weighted by Crippen LogP contribution is -2.26. The van der Waals surface area contributed by atoms with Crippen molar-refractivity contribution in [1.29, 1.82) is 0 Å². The van der Waals surface area contributed by atoms with Crippen LogP contribution >= 0.6 is 11.3 Å². The van der Waals surface area contributed by atoms with E-state index >= 15 is 0 Å². The van der Waals surface area contributed by atoms with E-state index in [-0.39, 0.29) is 5.91 Å². The molecular weight excluding hydrogens is 372 g/mol. The number of methoxy groups -OCH3 is 1. The van der Waals surface area contributed by atoms with E-state index in [0.717, 1.165) is 16.1 Å². The normalized spacial score (nSPS) is 11.2. The Labute approximate surface area is 167 Å². The average molecular weight is 395 g/mol. The molecule has 0 radical (unpaired) electrons. The van der Waals surface area contributed by atoms with Gasteiger partial charge in [0.2, 0.25) is 0 Å². The Hall–Kier alpha value is -3.32. The van der Waals surface area contributed by atoms with Crippen LogP contribution in [-0.4, -0.2) is 25.4 Å². The van der Waals surface area contributed by atoms with Gasteiger partial charge in [-0.15, -0.1) is 11.3 Å². The number of ether oxygens (including phenoxy) is 1. The number of nitrogens with one attached hydrogen (secondary N) is 1. The molecule has 144 valence electrons. The van der Waals surface area contributed by atoms with Crippen molar-refractivity contribution in [2.24, 2.45) is 10.7 Å². The third-order valence-corrected chi connectivity index (χ3v) is 5.05. The second kappa shape index (κ2) is 9.05. The van der Waals surface area contributed by atoms with Gasteiger partial charge in [0.15, 0.2) is 0 Å². The summed E-state index contributed by atoms with van der Waals surface area (Å²) in [6.45, 7) is 0.504. The highest BCUT2D eigenvalue weighted by molar-refractivity contribution is 7.12. The molecule has 0 spiro atoms. The number of rotatable bonds is 7. The molecule has 0 aliphatic carbocycles. The predicted molar refractivity (Wildman–Crippen MR) is 115 cm³/mol. The molecule has 3 aromatic rings. The Morgan fingerprint density at radius 2 is 1.96 bits per heavy atom. The van der Waals surface area contributed by atoms with Crippen LogP contribution < -0.4 is 21.5 Å². The van der Waals surface area contributed by atoms with Crippen LogP contribution in [0.25, 0.3) is 0 Å². The number of aliphatic imine (C=N–C) groups is 1. The van der Waals surface area contributed by atoms with E-state index in [1.807, 2.05) is 41.8 Å². The fourth-order valence-electron chi connectivity index (χ4n) is 2.65. The molecule has 0 unspecified atom stereocenters. The molecule has 0 atom stereocenters. The molecule has 28 heavy (non-hydrogen) atoms. The third kappa shape index (κ3) is 4.89. The molecule has 1 heterocycles. The van der Waals surface area contributed by atoms with Crippen molar-refractivity contribution in [1.82, 2.24) is 5.32 Å². The van der Waals surface area contributed by atoms with E-state index in [4.69, 9.17) is 16.2 Å². The number of carbonyl (C=O) groups excluding carboxylic acids is 1. The Balaban J connectivity index is 1.54. The predicted octanol–water partition coefficient (Wildman–Crippen LogP) is 3.35. The number of carbonyl (C=O) groups is 1. The van der Waals surface area contributed by atoms with Gasteiger partial charge < -0.3 is 21.5 Å². The van der Waals surface area contributed by atoms with Crippen molar-refractivity contribution >= 4 is 34.5 Å². The van der Waals surface area contributed by atoms with Crippen molar-refractivity contribution in [2.75, 3.05) is 19.4 Å². The van der Waals surface area contributed by atoms with Crippen molar-refractivity contribution in [3.05, 3.63) is 76.0 Å². The first-order valence-corrected chi connectivity index (χ1v) is 9.63. The Morgan fingerprint density at radius 3 is 2.61 bits per heavy atom. The Bertz CT molecular complexity index is 967. The minimum absolute atomic E-state index is 0.204. The lowest BCUT2D eigenvalue weighted by atomic mass is 10.1. The summed E-state index contributed by atoms with van der Waals surface area (Å²) < 4.78 is 5.10. The summed E-state index contributed by atoms with van der Waals surface area (Å²) in [5, 5.41) is 4.85. The van der Waals surface area contributed by atoms with Crippen molar-refractivity contribution < 1.29 is 9.53 Å². The smallest absolute Gasteiger partial charge is 0.253 e. The van der Waals surface area contributed by atoms with Crippen molar-refractivity contribution in [3.8, 4) is 5.75 Å². The zero-order valence-corrected chi connectivity index (χ0v) is 16.3. The Kier molecular flexibility index (Phi) is 6.29. The van der Waals surface area contributed by atoms with Gasteiger partial charge in [-0.3, -0.25) is 4.79 Å². The summed E-state index contributed by atoms with van der Waals surface area (Å²) >= 11 is 1.56. The largest absolute Gasteiger partial charge is 0.497 e. The van der Waals surface area contributed by atoms with E-state index in [1.54, 1.807) is 36.6 Å². The van der Waals surface area contributed by atoms with Gasteiger partial charge in [0.1, 0.15) is 11.6 Å². The van der Waals surface area contributed by atoms with Gasteiger partial charge in [0.05, 0.1) is 23.2 Å². The number of anilines is 1. The monoisotopic (exact) mass is 394 g/mol. The first kappa shape index (κ1) is 19.4. The van der Waals surface area contributed by atoms with Gasteiger partial charge >= 0.3 is 0 Å². The number of nitrogen functional groups attached to an aromatic ring is 1. The molecule has 5 N–H and O–H groups in total. The van der Waals surface area contributed by atoms with Crippen LogP contribution in [0, 0.1) is 0 Å². The number of hydrogen-bond acceptors (Lipinski definition) is 5. The number of nitrogens with zero attached hydrogens (tertiary/aromatic N) is 1. The summed E-state index contributed by atoms with van der Waals surface area (Å²) in [4.78, 5) is 17.7. The number of thiophene rings is 1. The third-order valence-electron chi connectivity index (χ3n) is 4.16. The average Bonchev–Trinajstić information content (AvgIpc) is 3.24. The van der Waals surface area contributed by atoms with Gasteiger partial charge in [-0.25, -0.2) is 4.99 Å². The topological polar surface area (TPSA) is 103 Å². The molecule has 0 fully saturated rings. The highest BCUT2D eigenvalue weighted by Gasteiger charge is 2.10. The number of nitrogens with two attached hydrogens (primary N) is 2. The van der Waals surface area contributed by atoms with Crippen LogP contribution in [-0.2, 0) is 6.42 Å². The van der Waals surface area contributed by atoms with Gasteiger partial charge in [0, 0.05) is 18.3 Å². The van der Waals surface area contributed by atoms with E-state index in [1.165, 1.54) is 0 Å². The maximum atomic E-state index is 12.3. The fraction of sp³-hybridized carbons (Fsp3) is 0.143. The second-order valence-corrected chi connectivity index (χ2v) is 7.05. The summed E-state index contributed by atoms with van der Waals surface area (Å²) in [5.41, 5.74) is 14.6. The van der Waals surface area contributed by atoms with Gasteiger partial charge in [-0.2, -0.15) is 0 Å². The van der Waals surface area contributed by atoms with E-state index < -0.39 is 0 Å². The molecular formula is C21H22N4O2S. The molecule has 0 saturated heterocycles. The molecule has 0 bridgehead atoms. The quantitative estimate of drug-likeness (QED) is 0.325. The number of benzene rings is 2. The zero-order valence-electron chi connectivity index (χ0n) is 15.5. The molecule has 3 rings (SSSR count). The number of amidine groups is 1. The van der Waals surface area contributed by atoms with Crippen LogP contribution in [0.1, 0.15) is 20.8 Å². The summed E-state index contributed by atoms with van der Waals surface area (Å²) in [5.74, 6) is 0.925.